The van der Waals surface area contributed by atoms with Crippen molar-refractivity contribution in [1.29, 1.82) is 0 Å². The van der Waals surface area contributed by atoms with Crippen LogP contribution in [0.1, 0.15) is 9.75 Å². The van der Waals surface area contributed by atoms with Gasteiger partial charge in [-0.3, -0.25) is 4.72 Å². The Morgan fingerprint density at radius 2 is 2.05 bits per heavy atom. The van der Waals surface area contributed by atoms with Crippen molar-refractivity contribution >= 4 is 48.5 Å². The lowest BCUT2D eigenvalue weighted by Crippen LogP contribution is -2.13. The maximum atomic E-state index is 12.4. The zero-order valence-electron chi connectivity index (χ0n) is 11.2. The van der Waals surface area contributed by atoms with Gasteiger partial charge in [-0.2, -0.15) is 0 Å². The van der Waals surface area contributed by atoms with Gasteiger partial charge < -0.3 is 5.11 Å². The Labute approximate surface area is 130 Å². The van der Waals surface area contributed by atoms with Crippen LogP contribution in [-0.2, 0) is 16.6 Å². The van der Waals surface area contributed by atoms with Gasteiger partial charge in [0.05, 0.1) is 6.61 Å². The van der Waals surface area contributed by atoms with E-state index in [2.05, 4.69) is 4.72 Å². The highest BCUT2D eigenvalue weighted by atomic mass is 32.2. The summed E-state index contributed by atoms with van der Waals surface area (Å²) < 4.78 is 28.6. The third-order valence-corrected chi connectivity index (χ3v) is 6.64. The van der Waals surface area contributed by atoms with Gasteiger partial charge in [0.15, 0.2) is 0 Å². The van der Waals surface area contributed by atoms with Gasteiger partial charge in [-0.15, -0.1) is 22.7 Å². The zero-order chi connectivity index (χ0) is 15.0. The molecule has 110 valence electrons. The number of fused-ring (bicyclic) bond motifs is 1. The molecule has 2 aromatic heterocycles. The molecule has 7 heteroatoms. The van der Waals surface area contributed by atoms with Crippen LogP contribution >= 0.6 is 22.7 Å². The second kappa shape index (κ2) is 5.42. The Hall–Kier alpha value is -1.41. The summed E-state index contributed by atoms with van der Waals surface area (Å²) in [7, 11) is -3.63. The number of anilines is 1. The van der Waals surface area contributed by atoms with Crippen molar-refractivity contribution in [2.75, 3.05) is 4.72 Å². The smallest absolute Gasteiger partial charge is 0.263 e. The Bertz CT molecular complexity index is 893. The van der Waals surface area contributed by atoms with Crippen LogP contribution in [0.15, 0.2) is 40.6 Å². The van der Waals surface area contributed by atoms with Gasteiger partial charge in [0.2, 0.25) is 0 Å². The number of hydrogen-bond donors (Lipinski definition) is 2. The molecule has 0 atom stereocenters. The Morgan fingerprint density at radius 3 is 2.76 bits per heavy atom. The molecule has 2 N–H and O–H groups in total. The minimum absolute atomic E-state index is 0.151. The highest BCUT2D eigenvalue weighted by molar-refractivity contribution is 7.93. The Morgan fingerprint density at radius 1 is 1.24 bits per heavy atom. The van der Waals surface area contributed by atoms with Gasteiger partial charge in [-0.25, -0.2) is 8.42 Å². The fraction of sp³-hybridized carbons (Fsp3) is 0.143. The second-order valence-electron chi connectivity index (χ2n) is 4.57. The largest absolute Gasteiger partial charge is 0.391 e. The summed E-state index contributed by atoms with van der Waals surface area (Å²) in [6, 6.07) is 8.95. The molecule has 21 heavy (non-hydrogen) atoms. The lowest BCUT2D eigenvalue weighted by molar-refractivity contribution is 0.285. The predicted octanol–water partition coefficient (Wildman–Crippen LogP) is 3.56. The van der Waals surface area contributed by atoms with Crippen LogP contribution in [0.3, 0.4) is 0 Å². The third kappa shape index (κ3) is 2.82. The van der Waals surface area contributed by atoms with Crippen LogP contribution in [0.2, 0.25) is 0 Å². The highest BCUT2D eigenvalue weighted by Gasteiger charge is 2.20. The van der Waals surface area contributed by atoms with E-state index >= 15 is 0 Å². The van der Waals surface area contributed by atoms with Crippen molar-refractivity contribution in [2.24, 2.45) is 0 Å². The first-order valence-corrected chi connectivity index (χ1v) is 9.38. The van der Waals surface area contributed by atoms with Gasteiger partial charge >= 0.3 is 0 Å². The monoisotopic (exact) mass is 339 g/mol. The molecule has 0 aliphatic rings. The van der Waals surface area contributed by atoms with Gasteiger partial charge in [-0.05, 0) is 48.0 Å². The molecule has 2 heterocycles. The summed E-state index contributed by atoms with van der Waals surface area (Å²) in [6.45, 7) is 1.59. The molecule has 0 bridgehead atoms. The normalized spacial score (nSPS) is 11.9. The number of rotatable bonds is 4. The molecule has 3 aromatic rings. The quantitative estimate of drug-likeness (QED) is 0.764. The second-order valence-corrected chi connectivity index (χ2v) is 8.51. The molecule has 3 rings (SSSR count). The minimum Gasteiger partial charge on any atom is -0.391 e. The number of aliphatic hydroxyl groups is 1. The van der Waals surface area contributed by atoms with E-state index in [1.807, 2.05) is 23.6 Å². The first-order valence-electron chi connectivity index (χ1n) is 6.20. The molecule has 0 saturated heterocycles. The predicted molar refractivity (Wildman–Crippen MR) is 87.6 cm³/mol. The number of benzene rings is 1. The van der Waals surface area contributed by atoms with Crippen LogP contribution in [0.4, 0.5) is 5.69 Å². The van der Waals surface area contributed by atoms with Crippen molar-refractivity contribution in [3.05, 3.63) is 45.5 Å². The van der Waals surface area contributed by atoms with Crippen LogP contribution in [0.25, 0.3) is 10.1 Å². The van der Waals surface area contributed by atoms with E-state index in [4.69, 9.17) is 5.11 Å². The summed E-state index contributed by atoms with van der Waals surface area (Å²) in [4.78, 5) is 1.53. The van der Waals surface area contributed by atoms with Crippen molar-refractivity contribution < 1.29 is 13.5 Å². The molecular formula is C14H13NO3S3. The standard InChI is InChI=1S/C14H13NO3S3/c1-9-14(7-12(8-16)20-9)21(17,18)15-11-2-3-13-10(6-11)4-5-19-13/h2-7,15-16H,8H2,1H3. The molecule has 1 aromatic carbocycles. The lowest BCUT2D eigenvalue weighted by atomic mass is 10.2. The average molecular weight is 339 g/mol. The molecule has 0 amide bonds. The van der Waals surface area contributed by atoms with Crippen LogP contribution in [0, 0.1) is 6.92 Å². The molecule has 0 saturated carbocycles. The first kappa shape index (κ1) is 14.5. The summed E-state index contributed by atoms with van der Waals surface area (Å²) >= 11 is 2.90. The van der Waals surface area contributed by atoms with Crippen LogP contribution < -0.4 is 4.72 Å². The third-order valence-electron chi connectivity index (χ3n) is 3.07. The molecule has 0 spiro atoms. The van der Waals surface area contributed by atoms with E-state index in [1.54, 1.807) is 24.3 Å². The number of nitrogens with one attached hydrogen (secondary N) is 1. The number of aryl methyl sites for hydroxylation is 1. The number of thiophene rings is 2. The van der Waals surface area contributed by atoms with Crippen molar-refractivity contribution in [3.8, 4) is 0 Å². The van der Waals surface area contributed by atoms with E-state index in [1.165, 1.54) is 17.4 Å². The van der Waals surface area contributed by atoms with E-state index in [0.29, 0.717) is 15.4 Å². The van der Waals surface area contributed by atoms with E-state index in [9.17, 15) is 8.42 Å². The van der Waals surface area contributed by atoms with Gasteiger partial charge in [0.25, 0.3) is 10.0 Å². The van der Waals surface area contributed by atoms with Crippen LogP contribution in [0.5, 0.6) is 0 Å². The Balaban J connectivity index is 1.96. The van der Waals surface area contributed by atoms with Crippen molar-refractivity contribution in [3.63, 3.8) is 0 Å². The van der Waals surface area contributed by atoms with Crippen molar-refractivity contribution in [1.82, 2.24) is 0 Å². The summed E-state index contributed by atoms with van der Waals surface area (Å²) in [6.07, 6.45) is 0. The molecule has 0 radical (unpaired) electrons. The average Bonchev–Trinajstić information content (AvgIpc) is 3.04. The van der Waals surface area contributed by atoms with E-state index < -0.39 is 10.0 Å². The molecule has 0 unspecified atom stereocenters. The zero-order valence-corrected chi connectivity index (χ0v) is 13.6. The van der Waals surface area contributed by atoms with Crippen LogP contribution in [-0.4, -0.2) is 13.5 Å². The summed E-state index contributed by atoms with van der Waals surface area (Å²) in [5.41, 5.74) is 0.539. The topological polar surface area (TPSA) is 66.4 Å². The van der Waals surface area contributed by atoms with E-state index in [0.717, 1.165) is 10.1 Å². The van der Waals surface area contributed by atoms with E-state index in [-0.39, 0.29) is 11.5 Å². The lowest BCUT2D eigenvalue weighted by Gasteiger charge is -2.07. The summed E-state index contributed by atoms with van der Waals surface area (Å²) in [5, 5.41) is 12.1. The molecule has 0 fully saturated rings. The molecule has 0 aliphatic heterocycles. The van der Waals surface area contributed by atoms with Crippen molar-refractivity contribution in [2.45, 2.75) is 18.4 Å². The van der Waals surface area contributed by atoms with Gasteiger partial charge in [-0.1, -0.05) is 0 Å². The Kier molecular flexibility index (Phi) is 3.75. The molecular weight excluding hydrogens is 326 g/mol. The first-order chi connectivity index (χ1) is 9.99. The highest BCUT2D eigenvalue weighted by Crippen LogP contribution is 2.29. The molecule has 4 nitrogen and oxygen atoms in total. The SMILES string of the molecule is Cc1sc(CO)cc1S(=O)(=O)Nc1ccc2sccc2c1. The number of sulfonamides is 1. The fourth-order valence-electron chi connectivity index (χ4n) is 2.11. The minimum atomic E-state index is -3.63. The van der Waals surface area contributed by atoms with Gasteiger partial charge in [0.1, 0.15) is 4.90 Å². The maximum absolute atomic E-state index is 12.4. The fourth-order valence-corrected chi connectivity index (χ4v) is 5.43. The maximum Gasteiger partial charge on any atom is 0.263 e. The summed E-state index contributed by atoms with van der Waals surface area (Å²) in [5.74, 6) is 0. The number of hydrogen-bond acceptors (Lipinski definition) is 5. The molecule has 0 aliphatic carbocycles. The number of aliphatic hydroxyl groups excluding tert-OH is 1. The van der Waals surface area contributed by atoms with Gasteiger partial charge in [0, 0.05) is 20.1 Å².